The summed E-state index contributed by atoms with van der Waals surface area (Å²) in [6.07, 6.45) is 1.13. The van der Waals surface area contributed by atoms with Gasteiger partial charge in [0.15, 0.2) is 0 Å². The zero-order valence-electron chi connectivity index (χ0n) is 11.0. The predicted molar refractivity (Wildman–Crippen MR) is 73.5 cm³/mol. The minimum atomic E-state index is 0.438. The molecule has 0 aliphatic carbocycles. The summed E-state index contributed by atoms with van der Waals surface area (Å²) < 4.78 is 5.87. The summed E-state index contributed by atoms with van der Waals surface area (Å²) in [7, 11) is 2.18. The molecule has 0 amide bonds. The highest BCUT2D eigenvalue weighted by molar-refractivity contribution is 5.81. The van der Waals surface area contributed by atoms with Gasteiger partial charge in [-0.3, -0.25) is 4.90 Å². The molecule has 0 bridgehead atoms. The zero-order valence-corrected chi connectivity index (χ0v) is 11.0. The van der Waals surface area contributed by atoms with Gasteiger partial charge in [-0.1, -0.05) is 18.2 Å². The lowest BCUT2D eigenvalue weighted by Gasteiger charge is -2.19. The van der Waals surface area contributed by atoms with Crippen LogP contribution in [0.25, 0.3) is 11.0 Å². The van der Waals surface area contributed by atoms with Gasteiger partial charge in [0.1, 0.15) is 11.3 Å². The van der Waals surface area contributed by atoms with Crippen molar-refractivity contribution in [1.82, 2.24) is 4.90 Å². The van der Waals surface area contributed by atoms with Crippen molar-refractivity contribution >= 4 is 11.0 Å². The van der Waals surface area contributed by atoms with Crippen molar-refractivity contribution in [2.24, 2.45) is 11.7 Å². The zero-order chi connectivity index (χ0) is 12.7. The fourth-order valence-corrected chi connectivity index (χ4v) is 3.12. The van der Waals surface area contributed by atoms with Crippen molar-refractivity contribution < 1.29 is 4.42 Å². The first-order valence-electron chi connectivity index (χ1n) is 6.58. The highest BCUT2D eigenvalue weighted by Gasteiger charge is 2.31. The maximum Gasteiger partial charge on any atom is 0.139 e. The second-order valence-electron chi connectivity index (χ2n) is 5.42. The lowest BCUT2D eigenvalue weighted by molar-refractivity contribution is 0.313. The maximum atomic E-state index is 5.87. The van der Waals surface area contributed by atoms with Gasteiger partial charge in [-0.05, 0) is 38.9 Å². The lowest BCUT2D eigenvalue weighted by atomic mass is 9.98. The van der Waals surface area contributed by atoms with E-state index in [2.05, 4.69) is 36.2 Å². The van der Waals surface area contributed by atoms with E-state index in [1.807, 2.05) is 6.92 Å². The molecular weight excluding hydrogens is 224 g/mol. The topological polar surface area (TPSA) is 42.4 Å². The number of hydrogen-bond donors (Lipinski definition) is 1. The third-order valence-electron chi connectivity index (χ3n) is 4.02. The van der Waals surface area contributed by atoms with Crippen LogP contribution in [0.1, 0.15) is 23.8 Å². The van der Waals surface area contributed by atoms with Crippen LogP contribution in [0, 0.1) is 12.8 Å². The average Bonchev–Trinajstić information content (AvgIpc) is 2.90. The van der Waals surface area contributed by atoms with E-state index >= 15 is 0 Å². The van der Waals surface area contributed by atoms with E-state index in [4.69, 9.17) is 10.2 Å². The molecule has 1 aliphatic heterocycles. The van der Waals surface area contributed by atoms with Gasteiger partial charge >= 0.3 is 0 Å². The Morgan fingerprint density at radius 1 is 1.44 bits per heavy atom. The number of rotatable bonds is 2. The minimum absolute atomic E-state index is 0.438. The van der Waals surface area contributed by atoms with Gasteiger partial charge in [0.25, 0.3) is 0 Å². The van der Waals surface area contributed by atoms with E-state index < -0.39 is 0 Å². The SMILES string of the molecule is Cc1cc2cccc(C3CC(CN)CN3C)c2o1. The number of hydrogen-bond acceptors (Lipinski definition) is 3. The standard InChI is InChI=1S/C15H20N2O/c1-10-6-12-4-3-5-13(15(12)18-10)14-7-11(8-16)9-17(14)2/h3-6,11,14H,7-9,16H2,1-2H3. The quantitative estimate of drug-likeness (QED) is 0.883. The highest BCUT2D eigenvalue weighted by atomic mass is 16.3. The molecule has 1 fully saturated rings. The molecule has 2 heterocycles. The van der Waals surface area contributed by atoms with E-state index in [1.165, 1.54) is 10.9 Å². The molecule has 2 aromatic rings. The molecule has 1 saturated heterocycles. The molecule has 2 atom stereocenters. The Morgan fingerprint density at radius 3 is 3.00 bits per heavy atom. The Morgan fingerprint density at radius 2 is 2.28 bits per heavy atom. The van der Waals surface area contributed by atoms with Crippen molar-refractivity contribution in [1.29, 1.82) is 0 Å². The molecule has 0 radical (unpaired) electrons. The summed E-state index contributed by atoms with van der Waals surface area (Å²) in [4.78, 5) is 2.39. The largest absolute Gasteiger partial charge is 0.461 e. The van der Waals surface area contributed by atoms with Crippen LogP contribution in [0.5, 0.6) is 0 Å². The van der Waals surface area contributed by atoms with Gasteiger partial charge in [-0.25, -0.2) is 0 Å². The normalized spacial score (nSPS) is 25.1. The molecule has 1 aromatic heterocycles. The summed E-state index contributed by atoms with van der Waals surface area (Å²) in [6, 6.07) is 8.97. The summed E-state index contributed by atoms with van der Waals surface area (Å²) in [6.45, 7) is 3.86. The Kier molecular flexibility index (Phi) is 2.88. The molecule has 1 aromatic carbocycles. The molecule has 3 heteroatoms. The summed E-state index contributed by atoms with van der Waals surface area (Å²) in [5.74, 6) is 1.58. The fourth-order valence-electron chi connectivity index (χ4n) is 3.12. The van der Waals surface area contributed by atoms with Crippen molar-refractivity contribution in [3.63, 3.8) is 0 Å². The van der Waals surface area contributed by atoms with E-state index in [0.717, 1.165) is 30.9 Å². The maximum absolute atomic E-state index is 5.87. The number of fused-ring (bicyclic) bond motifs is 1. The molecule has 18 heavy (non-hydrogen) atoms. The van der Waals surface area contributed by atoms with Crippen LogP contribution in [0.2, 0.25) is 0 Å². The number of aryl methyl sites for hydroxylation is 1. The van der Waals surface area contributed by atoms with E-state index in [1.54, 1.807) is 0 Å². The molecule has 2 N–H and O–H groups in total. The predicted octanol–water partition coefficient (Wildman–Crippen LogP) is 2.69. The van der Waals surface area contributed by atoms with Crippen molar-refractivity contribution in [3.8, 4) is 0 Å². The first kappa shape index (κ1) is 11.8. The Bertz CT molecular complexity index is 561. The third kappa shape index (κ3) is 1.84. The van der Waals surface area contributed by atoms with Crippen molar-refractivity contribution in [2.45, 2.75) is 19.4 Å². The van der Waals surface area contributed by atoms with Gasteiger partial charge in [-0.15, -0.1) is 0 Å². The summed E-state index contributed by atoms with van der Waals surface area (Å²) >= 11 is 0. The van der Waals surface area contributed by atoms with E-state index in [9.17, 15) is 0 Å². The van der Waals surface area contributed by atoms with Gasteiger partial charge in [0.05, 0.1) is 0 Å². The van der Waals surface area contributed by atoms with Gasteiger partial charge in [0, 0.05) is 23.5 Å². The van der Waals surface area contributed by atoms with Crippen LogP contribution in [-0.4, -0.2) is 25.0 Å². The monoisotopic (exact) mass is 244 g/mol. The number of furan rings is 1. The minimum Gasteiger partial charge on any atom is -0.461 e. The van der Waals surface area contributed by atoms with Crippen LogP contribution in [0.4, 0.5) is 0 Å². The fraction of sp³-hybridized carbons (Fsp3) is 0.467. The molecule has 2 unspecified atom stereocenters. The molecule has 1 aliphatic rings. The van der Waals surface area contributed by atoms with Crippen LogP contribution in [0.15, 0.2) is 28.7 Å². The van der Waals surface area contributed by atoms with Crippen LogP contribution in [0.3, 0.4) is 0 Å². The number of nitrogens with two attached hydrogens (primary N) is 1. The summed E-state index contributed by atoms with van der Waals surface area (Å²) in [5, 5.41) is 1.20. The number of likely N-dealkylation sites (tertiary alicyclic amines) is 1. The number of nitrogens with zero attached hydrogens (tertiary/aromatic N) is 1. The molecule has 3 rings (SSSR count). The Labute approximate surface area is 108 Å². The van der Waals surface area contributed by atoms with Crippen molar-refractivity contribution in [3.05, 3.63) is 35.6 Å². The average molecular weight is 244 g/mol. The number of benzene rings is 1. The van der Waals surface area contributed by atoms with Crippen LogP contribution in [-0.2, 0) is 0 Å². The highest BCUT2D eigenvalue weighted by Crippen LogP contribution is 2.37. The molecule has 0 saturated carbocycles. The molecule has 0 spiro atoms. The smallest absolute Gasteiger partial charge is 0.139 e. The Hall–Kier alpha value is -1.32. The van der Waals surface area contributed by atoms with E-state index in [-0.39, 0.29) is 0 Å². The lowest BCUT2D eigenvalue weighted by Crippen LogP contribution is -2.20. The van der Waals surface area contributed by atoms with Crippen molar-refractivity contribution in [2.75, 3.05) is 20.1 Å². The van der Waals surface area contributed by atoms with Gasteiger partial charge in [-0.2, -0.15) is 0 Å². The van der Waals surface area contributed by atoms with Crippen LogP contribution >= 0.6 is 0 Å². The summed E-state index contributed by atoms with van der Waals surface area (Å²) in [5.41, 5.74) is 8.15. The van der Waals surface area contributed by atoms with Crippen LogP contribution < -0.4 is 5.73 Å². The molecular formula is C15H20N2O. The first-order chi connectivity index (χ1) is 8.69. The van der Waals surface area contributed by atoms with E-state index in [0.29, 0.717) is 12.0 Å². The third-order valence-corrected chi connectivity index (χ3v) is 4.02. The van der Waals surface area contributed by atoms with Gasteiger partial charge < -0.3 is 10.2 Å². The Balaban J connectivity index is 2.04. The molecule has 96 valence electrons. The second-order valence-corrected chi connectivity index (χ2v) is 5.42. The first-order valence-corrected chi connectivity index (χ1v) is 6.58. The number of para-hydroxylation sites is 1. The molecule has 3 nitrogen and oxygen atoms in total. The van der Waals surface area contributed by atoms with Gasteiger partial charge in [0.2, 0.25) is 0 Å². The second kappa shape index (κ2) is 4.41.